The zero-order valence-electron chi connectivity index (χ0n) is 25.1. The summed E-state index contributed by atoms with van der Waals surface area (Å²) in [4.78, 5) is 48.2. The molecule has 0 radical (unpaired) electrons. The zero-order chi connectivity index (χ0) is 33.6. The van der Waals surface area contributed by atoms with Crippen molar-refractivity contribution in [3.05, 3.63) is 89.8 Å². The van der Waals surface area contributed by atoms with Crippen molar-refractivity contribution in [2.75, 3.05) is 26.7 Å². The standard InChI is InChI=1S/C28H31FN4O.2C2H2O4/c1-34-25-8-4-21(5-9-25)11-15-32-16-12-22(13-17-32)18-28-31-26-19-30-14-10-27(26)33(28)20-23-2-6-24(29)7-3-23;2*3-1(4)2(5)6/h2-10,14,19,22H,11-13,15-18,20H2,1H3;2*(H,3,4)(H,5,6). The van der Waals surface area contributed by atoms with E-state index in [9.17, 15) is 4.39 Å². The van der Waals surface area contributed by atoms with Gasteiger partial charge in [0, 0.05) is 25.7 Å². The number of hydrogen-bond acceptors (Lipinski definition) is 8. The summed E-state index contributed by atoms with van der Waals surface area (Å²) in [6.45, 7) is 4.03. The number of aliphatic carboxylic acids is 4. The van der Waals surface area contributed by atoms with Crippen molar-refractivity contribution < 1.29 is 48.7 Å². The molecule has 244 valence electrons. The molecule has 46 heavy (non-hydrogen) atoms. The van der Waals surface area contributed by atoms with Crippen LogP contribution in [0.4, 0.5) is 4.39 Å². The van der Waals surface area contributed by atoms with E-state index in [1.165, 1.54) is 30.5 Å². The predicted octanol–water partition coefficient (Wildman–Crippen LogP) is 3.44. The van der Waals surface area contributed by atoms with Crippen molar-refractivity contribution in [2.45, 2.75) is 32.2 Å². The highest BCUT2D eigenvalue weighted by Gasteiger charge is 2.22. The molecule has 14 heteroatoms. The zero-order valence-corrected chi connectivity index (χ0v) is 25.1. The molecule has 0 bridgehead atoms. The van der Waals surface area contributed by atoms with Crippen LogP contribution in [0.25, 0.3) is 11.0 Å². The smallest absolute Gasteiger partial charge is 0.414 e. The van der Waals surface area contributed by atoms with E-state index in [1.54, 1.807) is 7.11 Å². The molecule has 0 saturated carbocycles. The van der Waals surface area contributed by atoms with Crippen LogP contribution in [0.3, 0.4) is 0 Å². The second kappa shape index (κ2) is 17.2. The lowest BCUT2D eigenvalue weighted by atomic mass is 9.93. The molecule has 1 aliphatic rings. The molecule has 1 fully saturated rings. The quantitative estimate of drug-likeness (QED) is 0.206. The number of aromatic nitrogens is 3. The van der Waals surface area contributed by atoms with Gasteiger partial charge in [-0.15, -0.1) is 0 Å². The molecule has 0 amide bonds. The summed E-state index contributed by atoms with van der Waals surface area (Å²) >= 11 is 0. The number of nitrogens with zero attached hydrogens (tertiary/aromatic N) is 4. The van der Waals surface area contributed by atoms with Gasteiger partial charge in [-0.25, -0.2) is 28.6 Å². The van der Waals surface area contributed by atoms with Crippen LogP contribution in [0.15, 0.2) is 67.0 Å². The molecule has 1 aliphatic heterocycles. The van der Waals surface area contributed by atoms with Gasteiger partial charge in [-0.1, -0.05) is 24.3 Å². The van der Waals surface area contributed by atoms with Crippen molar-refractivity contribution >= 4 is 34.9 Å². The highest BCUT2D eigenvalue weighted by atomic mass is 19.1. The van der Waals surface area contributed by atoms with E-state index >= 15 is 0 Å². The number of carbonyl (C=O) groups is 4. The Kier molecular flexibility index (Phi) is 13.1. The lowest BCUT2D eigenvalue weighted by Gasteiger charge is -2.32. The number of hydrogen-bond donors (Lipinski definition) is 4. The number of ether oxygens (including phenoxy) is 1. The Bertz CT molecular complexity index is 1570. The number of piperidine rings is 1. The van der Waals surface area contributed by atoms with Crippen LogP contribution in [0.2, 0.25) is 0 Å². The number of rotatable bonds is 8. The van der Waals surface area contributed by atoms with Crippen LogP contribution in [0.1, 0.15) is 29.8 Å². The van der Waals surface area contributed by atoms with Gasteiger partial charge < -0.3 is 34.6 Å². The van der Waals surface area contributed by atoms with Crippen molar-refractivity contribution in [1.82, 2.24) is 19.4 Å². The monoisotopic (exact) mass is 638 g/mol. The molecule has 0 unspecified atom stereocenters. The molecule has 2 aromatic carbocycles. The van der Waals surface area contributed by atoms with Crippen LogP contribution in [0.5, 0.6) is 5.75 Å². The number of carboxylic acids is 4. The second-order valence-corrected chi connectivity index (χ2v) is 10.4. The SMILES string of the molecule is COc1ccc(CCN2CCC(Cc3nc4cnccc4n3Cc3ccc(F)cc3)CC2)cc1.O=C(O)C(=O)O.O=C(O)C(=O)O. The molecule has 13 nitrogen and oxygen atoms in total. The fraction of sp³-hybridized carbons (Fsp3) is 0.312. The molecule has 0 spiro atoms. The maximum absolute atomic E-state index is 13.4. The minimum absolute atomic E-state index is 0.206. The third kappa shape index (κ3) is 11.0. The summed E-state index contributed by atoms with van der Waals surface area (Å²) in [5, 5.41) is 29.6. The van der Waals surface area contributed by atoms with Crippen LogP contribution in [-0.4, -0.2) is 90.5 Å². The van der Waals surface area contributed by atoms with Crippen LogP contribution >= 0.6 is 0 Å². The van der Waals surface area contributed by atoms with Gasteiger partial charge in [-0.3, -0.25) is 4.98 Å². The Labute approximate surface area is 263 Å². The number of pyridine rings is 1. The van der Waals surface area contributed by atoms with Crippen molar-refractivity contribution in [3.63, 3.8) is 0 Å². The van der Waals surface area contributed by atoms with Crippen LogP contribution in [0, 0.1) is 11.7 Å². The Morgan fingerprint density at radius 3 is 1.96 bits per heavy atom. The largest absolute Gasteiger partial charge is 0.497 e. The molecule has 0 aliphatic carbocycles. The summed E-state index contributed by atoms with van der Waals surface area (Å²) in [5.74, 6) is -4.87. The Hall–Kier alpha value is -5.37. The summed E-state index contributed by atoms with van der Waals surface area (Å²) in [7, 11) is 1.70. The lowest BCUT2D eigenvalue weighted by molar-refractivity contribution is -0.159. The number of carboxylic acid groups (broad SMARTS) is 4. The third-order valence-electron chi connectivity index (χ3n) is 7.30. The van der Waals surface area contributed by atoms with Crippen molar-refractivity contribution in [2.24, 2.45) is 5.92 Å². The van der Waals surface area contributed by atoms with Crippen LogP contribution < -0.4 is 4.74 Å². The fourth-order valence-electron chi connectivity index (χ4n) is 4.89. The van der Waals surface area contributed by atoms with Gasteiger partial charge >= 0.3 is 23.9 Å². The van der Waals surface area contributed by atoms with E-state index in [-0.39, 0.29) is 5.82 Å². The first-order chi connectivity index (χ1) is 22.0. The minimum atomic E-state index is -1.82. The molecule has 1 saturated heterocycles. The molecule has 3 heterocycles. The maximum Gasteiger partial charge on any atom is 0.414 e. The number of methoxy groups -OCH3 is 1. The average molecular weight is 639 g/mol. The fourth-order valence-corrected chi connectivity index (χ4v) is 4.89. The molecular weight excluding hydrogens is 603 g/mol. The van der Waals surface area contributed by atoms with E-state index in [0.29, 0.717) is 12.5 Å². The first kappa shape index (κ1) is 35.1. The van der Waals surface area contributed by atoms with Crippen molar-refractivity contribution in [3.8, 4) is 5.75 Å². The van der Waals surface area contributed by atoms with E-state index in [0.717, 1.165) is 60.6 Å². The first-order valence-electron chi connectivity index (χ1n) is 14.3. The van der Waals surface area contributed by atoms with E-state index in [4.69, 9.17) is 49.3 Å². The van der Waals surface area contributed by atoms with Gasteiger partial charge in [0.1, 0.15) is 22.9 Å². The van der Waals surface area contributed by atoms with Gasteiger partial charge in [0.15, 0.2) is 0 Å². The summed E-state index contributed by atoms with van der Waals surface area (Å²) < 4.78 is 20.9. The summed E-state index contributed by atoms with van der Waals surface area (Å²) in [6.07, 6.45) is 8.04. The van der Waals surface area contributed by atoms with Gasteiger partial charge in [0.2, 0.25) is 0 Å². The third-order valence-corrected chi connectivity index (χ3v) is 7.30. The molecule has 0 atom stereocenters. The Balaban J connectivity index is 0.000000410. The second-order valence-electron chi connectivity index (χ2n) is 10.4. The number of likely N-dealkylation sites (tertiary alicyclic amines) is 1. The van der Waals surface area contributed by atoms with Gasteiger partial charge in [0.25, 0.3) is 0 Å². The van der Waals surface area contributed by atoms with E-state index < -0.39 is 23.9 Å². The summed E-state index contributed by atoms with van der Waals surface area (Å²) in [6, 6.07) is 17.2. The molecular formula is C32H35FN4O9. The number of benzene rings is 2. The topological polar surface area (TPSA) is 192 Å². The lowest BCUT2D eigenvalue weighted by Crippen LogP contribution is -2.36. The predicted molar refractivity (Wildman–Crippen MR) is 163 cm³/mol. The first-order valence-corrected chi connectivity index (χ1v) is 14.3. The molecule has 5 rings (SSSR count). The number of imidazole rings is 1. The Morgan fingerprint density at radius 1 is 0.848 bits per heavy atom. The molecule has 2 aromatic heterocycles. The van der Waals surface area contributed by atoms with E-state index in [1.807, 2.05) is 42.7 Å². The van der Waals surface area contributed by atoms with Crippen molar-refractivity contribution in [1.29, 1.82) is 0 Å². The number of halogens is 1. The van der Waals surface area contributed by atoms with Gasteiger partial charge in [0.05, 0.1) is 18.8 Å². The average Bonchev–Trinajstić information content (AvgIpc) is 3.38. The summed E-state index contributed by atoms with van der Waals surface area (Å²) in [5.41, 5.74) is 4.45. The highest BCUT2D eigenvalue weighted by Crippen LogP contribution is 2.25. The maximum atomic E-state index is 13.4. The van der Waals surface area contributed by atoms with Gasteiger partial charge in [-0.05, 0) is 79.7 Å². The normalized spacial score (nSPS) is 13.1. The number of fused-ring (bicyclic) bond motifs is 1. The minimum Gasteiger partial charge on any atom is -0.497 e. The van der Waals surface area contributed by atoms with Crippen LogP contribution in [-0.2, 0) is 38.6 Å². The Morgan fingerprint density at radius 2 is 1.41 bits per heavy atom. The molecule has 4 aromatic rings. The molecule has 4 N–H and O–H groups in total. The van der Waals surface area contributed by atoms with Gasteiger partial charge in [-0.2, -0.15) is 0 Å². The highest BCUT2D eigenvalue weighted by molar-refractivity contribution is 6.27. The van der Waals surface area contributed by atoms with E-state index in [2.05, 4.69) is 26.6 Å².